The van der Waals surface area contributed by atoms with Crippen molar-refractivity contribution in [3.05, 3.63) is 59.2 Å². The van der Waals surface area contributed by atoms with Crippen molar-refractivity contribution < 1.29 is 22.8 Å². The smallest absolute Gasteiger partial charge is 0.288 e. The molecule has 1 aliphatic rings. The van der Waals surface area contributed by atoms with Crippen molar-refractivity contribution >= 4 is 11.8 Å². The van der Waals surface area contributed by atoms with Gasteiger partial charge in [-0.1, -0.05) is 36.4 Å². The van der Waals surface area contributed by atoms with Gasteiger partial charge in [-0.3, -0.25) is 14.9 Å². The lowest BCUT2D eigenvalue weighted by molar-refractivity contribution is -0.137. The molecular formula is C15H8F3NO2. The molecule has 2 amide bonds. The van der Waals surface area contributed by atoms with E-state index >= 15 is 0 Å². The van der Waals surface area contributed by atoms with Crippen molar-refractivity contribution in [2.75, 3.05) is 0 Å². The normalized spacial score (nSPS) is 14.0. The molecule has 3 rings (SSSR count). The van der Waals surface area contributed by atoms with Crippen LogP contribution < -0.4 is 5.32 Å². The number of nitrogens with one attached hydrogen (secondary N) is 1. The van der Waals surface area contributed by atoms with Crippen molar-refractivity contribution in [2.45, 2.75) is 6.18 Å². The lowest BCUT2D eigenvalue weighted by atomic mass is 9.92. The largest absolute Gasteiger partial charge is 0.417 e. The minimum atomic E-state index is -4.74. The monoisotopic (exact) mass is 291 g/mol. The van der Waals surface area contributed by atoms with Crippen LogP contribution in [0.2, 0.25) is 0 Å². The van der Waals surface area contributed by atoms with Gasteiger partial charge in [-0.2, -0.15) is 13.2 Å². The van der Waals surface area contributed by atoms with E-state index < -0.39 is 29.1 Å². The Morgan fingerprint density at radius 2 is 1.43 bits per heavy atom. The van der Waals surface area contributed by atoms with Crippen molar-refractivity contribution in [3.63, 3.8) is 0 Å². The Morgan fingerprint density at radius 1 is 0.810 bits per heavy atom. The predicted octanol–water partition coefficient (Wildman–Crippen LogP) is 3.26. The van der Waals surface area contributed by atoms with E-state index in [2.05, 4.69) is 0 Å². The SMILES string of the molecule is O=C1NC(=O)c2c1ccc(-c1ccccc1)c2C(F)(F)F. The van der Waals surface area contributed by atoms with Crippen LogP contribution in [0.3, 0.4) is 0 Å². The first-order valence-electron chi connectivity index (χ1n) is 6.05. The third-order valence-corrected chi connectivity index (χ3v) is 3.27. The second-order valence-corrected chi connectivity index (χ2v) is 4.56. The lowest BCUT2D eigenvalue weighted by Crippen LogP contribution is -2.21. The van der Waals surface area contributed by atoms with Crippen LogP contribution in [0.4, 0.5) is 13.2 Å². The minimum absolute atomic E-state index is 0.119. The Morgan fingerprint density at radius 3 is 2.05 bits per heavy atom. The van der Waals surface area contributed by atoms with E-state index in [1.54, 1.807) is 18.2 Å². The number of carbonyl (C=O) groups excluding carboxylic acids is 2. The number of hydrogen-bond acceptors (Lipinski definition) is 2. The van der Waals surface area contributed by atoms with E-state index in [1.807, 2.05) is 5.32 Å². The zero-order valence-corrected chi connectivity index (χ0v) is 10.5. The zero-order chi connectivity index (χ0) is 15.2. The molecule has 6 heteroatoms. The Balaban J connectivity index is 2.36. The molecule has 0 fully saturated rings. The quantitative estimate of drug-likeness (QED) is 0.820. The van der Waals surface area contributed by atoms with Gasteiger partial charge in [0.1, 0.15) is 0 Å². The molecule has 2 aromatic carbocycles. The maximum Gasteiger partial charge on any atom is 0.417 e. The van der Waals surface area contributed by atoms with Crippen molar-refractivity contribution in [1.82, 2.24) is 5.32 Å². The van der Waals surface area contributed by atoms with Gasteiger partial charge in [0.05, 0.1) is 16.7 Å². The predicted molar refractivity (Wildman–Crippen MR) is 68.7 cm³/mol. The molecule has 21 heavy (non-hydrogen) atoms. The molecule has 0 saturated carbocycles. The van der Waals surface area contributed by atoms with Gasteiger partial charge in [0, 0.05) is 0 Å². The van der Waals surface area contributed by atoms with E-state index in [4.69, 9.17) is 0 Å². The molecular weight excluding hydrogens is 283 g/mol. The number of fused-ring (bicyclic) bond motifs is 1. The van der Waals surface area contributed by atoms with E-state index in [0.717, 1.165) is 0 Å². The van der Waals surface area contributed by atoms with E-state index in [1.165, 1.54) is 24.3 Å². The van der Waals surface area contributed by atoms with E-state index in [9.17, 15) is 22.8 Å². The van der Waals surface area contributed by atoms with Crippen molar-refractivity contribution in [2.24, 2.45) is 0 Å². The number of alkyl halides is 3. The summed E-state index contributed by atoms with van der Waals surface area (Å²) in [5.41, 5.74) is -1.71. The maximum atomic E-state index is 13.4. The summed E-state index contributed by atoms with van der Waals surface area (Å²) in [5, 5.41) is 1.90. The van der Waals surface area contributed by atoms with Gasteiger partial charge in [0.15, 0.2) is 0 Å². The van der Waals surface area contributed by atoms with Gasteiger partial charge >= 0.3 is 6.18 Å². The Kier molecular flexibility index (Phi) is 2.83. The average Bonchev–Trinajstić information content (AvgIpc) is 2.73. The highest BCUT2D eigenvalue weighted by atomic mass is 19.4. The number of benzene rings is 2. The van der Waals surface area contributed by atoms with Crippen LogP contribution in [0, 0.1) is 0 Å². The third kappa shape index (κ3) is 2.08. The molecule has 2 aromatic rings. The summed E-state index contributed by atoms with van der Waals surface area (Å²) >= 11 is 0. The lowest BCUT2D eigenvalue weighted by Gasteiger charge is -2.15. The van der Waals surface area contributed by atoms with Crippen molar-refractivity contribution in [1.29, 1.82) is 0 Å². The molecule has 1 N–H and O–H groups in total. The molecule has 0 aliphatic carbocycles. The molecule has 106 valence electrons. The van der Waals surface area contributed by atoms with Crippen LogP contribution in [0.5, 0.6) is 0 Å². The topological polar surface area (TPSA) is 46.2 Å². The summed E-state index contributed by atoms with van der Waals surface area (Å²) in [7, 11) is 0. The number of carbonyl (C=O) groups is 2. The van der Waals surface area contributed by atoms with Crippen LogP contribution in [0.25, 0.3) is 11.1 Å². The van der Waals surface area contributed by atoms with Gasteiger partial charge in [0.2, 0.25) is 0 Å². The highest BCUT2D eigenvalue weighted by Crippen LogP contribution is 2.41. The number of amides is 2. The molecule has 0 unspecified atom stereocenters. The Hall–Kier alpha value is -2.63. The van der Waals surface area contributed by atoms with Crippen LogP contribution in [-0.4, -0.2) is 11.8 Å². The highest BCUT2D eigenvalue weighted by Gasteiger charge is 2.43. The fourth-order valence-electron chi connectivity index (χ4n) is 2.41. The fourth-order valence-corrected chi connectivity index (χ4v) is 2.41. The van der Waals surface area contributed by atoms with Gasteiger partial charge in [-0.25, -0.2) is 0 Å². The average molecular weight is 291 g/mol. The van der Waals surface area contributed by atoms with Crippen LogP contribution in [-0.2, 0) is 6.18 Å². The Labute approximate surface area is 117 Å². The molecule has 3 nitrogen and oxygen atoms in total. The first-order valence-corrected chi connectivity index (χ1v) is 6.05. The van der Waals surface area contributed by atoms with Gasteiger partial charge in [-0.15, -0.1) is 0 Å². The molecule has 0 spiro atoms. The fraction of sp³-hybridized carbons (Fsp3) is 0.0667. The number of imide groups is 1. The molecule has 1 aliphatic heterocycles. The second kappa shape index (κ2) is 4.44. The first kappa shape index (κ1) is 13.4. The van der Waals surface area contributed by atoms with Crippen molar-refractivity contribution in [3.8, 4) is 11.1 Å². The standard InChI is InChI=1S/C15H8F3NO2/c16-15(17,18)12-9(8-4-2-1-3-5-8)6-7-10-11(12)14(21)19-13(10)20/h1-7H,(H,19,20,21). The van der Waals surface area contributed by atoms with Gasteiger partial charge < -0.3 is 0 Å². The molecule has 0 aromatic heterocycles. The maximum absolute atomic E-state index is 13.4. The highest BCUT2D eigenvalue weighted by molar-refractivity contribution is 6.22. The summed E-state index contributed by atoms with van der Waals surface area (Å²) in [6.45, 7) is 0. The van der Waals surface area contributed by atoms with Crippen LogP contribution >= 0.6 is 0 Å². The Bertz CT molecular complexity index is 752. The van der Waals surface area contributed by atoms with Gasteiger partial charge in [0.25, 0.3) is 11.8 Å². The zero-order valence-electron chi connectivity index (χ0n) is 10.5. The number of hydrogen-bond donors (Lipinski definition) is 1. The molecule has 0 bridgehead atoms. The molecule has 0 radical (unpaired) electrons. The third-order valence-electron chi connectivity index (χ3n) is 3.27. The van der Waals surface area contributed by atoms with E-state index in [0.29, 0.717) is 5.56 Å². The number of halogens is 3. The van der Waals surface area contributed by atoms with E-state index in [-0.39, 0.29) is 11.1 Å². The molecule has 1 heterocycles. The minimum Gasteiger partial charge on any atom is -0.288 e. The summed E-state index contributed by atoms with van der Waals surface area (Å²) in [5.74, 6) is -1.82. The summed E-state index contributed by atoms with van der Waals surface area (Å²) < 4.78 is 40.2. The molecule has 0 atom stereocenters. The molecule has 0 saturated heterocycles. The number of rotatable bonds is 1. The first-order chi connectivity index (χ1) is 9.89. The summed E-state index contributed by atoms with van der Waals surface area (Å²) in [6.07, 6.45) is -4.74. The van der Waals surface area contributed by atoms with Crippen LogP contribution in [0.15, 0.2) is 42.5 Å². The van der Waals surface area contributed by atoms with Crippen LogP contribution in [0.1, 0.15) is 26.3 Å². The second-order valence-electron chi connectivity index (χ2n) is 4.56. The summed E-state index contributed by atoms with van der Waals surface area (Å²) in [6, 6.07) is 10.4. The summed E-state index contributed by atoms with van der Waals surface area (Å²) in [4.78, 5) is 23.2. The van der Waals surface area contributed by atoms with Gasteiger partial charge in [-0.05, 0) is 17.2 Å².